The topological polar surface area (TPSA) is 90.7 Å². The van der Waals surface area contributed by atoms with Gasteiger partial charge in [0.05, 0.1) is 0 Å². The summed E-state index contributed by atoms with van der Waals surface area (Å²) in [5.74, 6) is 2.45. The molecular weight excluding hydrogens is 278 g/mol. The Balaban J connectivity index is 1.58. The second-order valence-corrected chi connectivity index (χ2v) is 5.62. The van der Waals surface area contributed by atoms with Crippen molar-refractivity contribution < 1.29 is 4.52 Å². The van der Waals surface area contributed by atoms with Gasteiger partial charge in [0, 0.05) is 30.1 Å². The van der Waals surface area contributed by atoms with Crippen molar-refractivity contribution >= 4 is 5.82 Å². The van der Waals surface area contributed by atoms with E-state index in [1.54, 1.807) is 18.5 Å². The van der Waals surface area contributed by atoms with Gasteiger partial charge >= 0.3 is 0 Å². The van der Waals surface area contributed by atoms with Crippen molar-refractivity contribution in [3.63, 3.8) is 0 Å². The normalized spacial score (nSPS) is 20.0. The van der Waals surface area contributed by atoms with Crippen LogP contribution in [0.25, 0.3) is 11.4 Å². The molecule has 0 bridgehead atoms. The molecule has 0 saturated heterocycles. The third kappa shape index (κ3) is 2.22. The molecule has 3 aromatic heterocycles. The Labute approximate surface area is 127 Å². The minimum atomic E-state index is 0.285. The van der Waals surface area contributed by atoms with Gasteiger partial charge in [0.2, 0.25) is 11.7 Å². The molecule has 4 rings (SSSR count). The van der Waals surface area contributed by atoms with Gasteiger partial charge in [-0.05, 0) is 42.5 Å². The van der Waals surface area contributed by atoms with Crippen LogP contribution in [0.15, 0.2) is 41.3 Å². The zero-order chi connectivity index (χ0) is 15.1. The molecule has 0 spiro atoms. The van der Waals surface area contributed by atoms with Crippen LogP contribution in [0.4, 0.5) is 5.82 Å². The predicted octanol–water partition coefficient (Wildman–Crippen LogP) is 2.69. The van der Waals surface area contributed by atoms with Crippen LogP contribution in [0, 0.1) is 6.92 Å². The quantitative estimate of drug-likeness (QED) is 0.798. The van der Waals surface area contributed by atoms with Crippen LogP contribution in [0.5, 0.6) is 0 Å². The monoisotopic (exact) mass is 293 g/mol. The molecule has 0 aliphatic heterocycles. The number of rotatable bonds is 3. The van der Waals surface area contributed by atoms with E-state index in [0.29, 0.717) is 23.5 Å². The van der Waals surface area contributed by atoms with Crippen LogP contribution in [-0.2, 0) is 0 Å². The number of nitrogens with zero attached hydrogens (tertiary/aromatic N) is 4. The first-order valence-corrected chi connectivity index (χ1v) is 7.18. The van der Waals surface area contributed by atoms with Gasteiger partial charge in [0.1, 0.15) is 5.82 Å². The summed E-state index contributed by atoms with van der Waals surface area (Å²) in [5, 5.41) is 4.08. The highest BCUT2D eigenvalue weighted by molar-refractivity contribution is 5.60. The molecule has 6 nitrogen and oxygen atoms in total. The Morgan fingerprint density at radius 2 is 2.18 bits per heavy atom. The second kappa shape index (κ2) is 4.91. The molecule has 3 aromatic rings. The van der Waals surface area contributed by atoms with E-state index in [0.717, 1.165) is 17.5 Å². The number of hydrogen-bond donors (Lipinski definition) is 1. The Morgan fingerprint density at radius 1 is 1.27 bits per heavy atom. The van der Waals surface area contributed by atoms with Gasteiger partial charge in [-0.2, -0.15) is 4.98 Å². The molecule has 110 valence electrons. The molecule has 2 N–H and O–H groups in total. The number of nitrogens with two attached hydrogens (primary N) is 1. The molecule has 1 aliphatic carbocycles. The molecule has 1 saturated carbocycles. The molecule has 3 heterocycles. The highest BCUT2D eigenvalue weighted by Gasteiger charge is 2.43. The molecule has 2 atom stereocenters. The van der Waals surface area contributed by atoms with E-state index >= 15 is 0 Å². The summed E-state index contributed by atoms with van der Waals surface area (Å²) in [4.78, 5) is 12.8. The number of hydrogen-bond acceptors (Lipinski definition) is 6. The van der Waals surface area contributed by atoms with Crippen LogP contribution in [0.2, 0.25) is 0 Å². The van der Waals surface area contributed by atoms with Crippen molar-refractivity contribution in [2.24, 2.45) is 0 Å². The minimum absolute atomic E-state index is 0.285. The highest BCUT2D eigenvalue weighted by atomic mass is 16.5. The van der Waals surface area contributed by atoms with Gasteiger partial charge in [-0.15, -0.1) is 0 Å². The fourth-order valence-electron chi connectivity index (χ4n) is 2.74. The Morgan fingerprint density at radius 3 is 2.95 bits per heavy atom. The van der Waals surface area contributed by atoms with E-state index in [-0.39, 0.29) is 5.92 Å². The summed E-state index contributed by atoms with van der Waals surface area (Å²) in [6, 6.07) is 5.84. The molecule has 6 heteroatoms. The van der Waals surface area contributed by atoms with E-state index in [4.69, 9.17) is 10.3 Å². The van der Waals surface area contributed by atoms with E-state index in [2.05, 4.69) is 26.2 Å². The number of aromatic nitrogens is 4. The maximum Gasteiger partial charge on any atom is 0.230 e. The molecular formula is C16H15N5O. The van der Waals surface area contributed by atoms with Crippen LogP contribution in [0.3, 0.4) is 0 Å². The van der Waals surface area contributed by atoms with Crippen LogP contribution in [-0.4, -0.2) is 20.1 Å². The highest BCUT2D eigenvalue weighted by Crippen LogP contribution is 2.54. The fraction of sp³-hybridized carbons (Fsp3) is 0.250. The number of pyridine rings is 2. The summed E-state index contributed by atoms with van der Waals surface area (Å²) >= 11 is 0. The number of nitrogen functional groups attached to an aromatic ring is 1. The molecule has 1 fully saturated rings. The maximum absolute atomic E-state index is 5.67. The van der Waals surface area contributed by atoms with E-state index < -0.39 is 0 Å². The van der Waals surface area contributed by atoms with Crippen molar-refractivity contribution in [3.05, 3.63) is 53.8 Å². The predicted molar refractivity (Wildman–Crippen MR) is 81.0 cm³/mol. The zero-order valence-corrected chi connectivity index (χ0v) is 12.1. The van der Waals surface area contributed by atoms with Crippen molar-refractivity contribution in [2.45, 2.75) is 25.2 Å². The smallest absolute Gasteiger partial charge is 0.230 e. The average Bonchev–Trinajstić information content (AvgIpc) is 3.18. The minimum Gasteiger partial charge on any atom is -0.384 e. The Bertz CT molecular complexity index is 814. The second-order valence-electron chi connectivity index (χ2n) is 5.62. The lowest BCUT2D eigenvalue weighted by atomic mass is 10.1. The summed E-state index contributed by atoms with van der Waals surface area (Å²) in [5.41, 5.74) is 8.73. The lowest BCUT2D eigenvalue weighted by Crippen LogP contribution is -1.93. The summed E-state index contributed by atoms with van der Waals surface area (Å²) in [6.45, 7) is 1.96. The first-order chi connectivity index (χ1) is 10.7. The molecule has 0 radical (unpaired) electrons. The average molecular weight is 293 g/mol. The summed E-state index contributed by atoms with van der Waals surface area (Å²) in [6.07, 6.45) is 6.38. The van der Waals surface area contributed by atoms with Crippen LogP contribution < -0.4 is 5.73 Å². The van der Waals surface area contributed by atoms with Gasteiger partial charge in [0.15, 0.2) is 0 Å². The lowest BCUT2D eigenvalue weighted by molar-refractivity contribution is 0.378. The van der Waals surface area contributed by atoms with E-state index in [9.17, 15) is 0 Å². The molecule has 0 aromatic carbocycles. The van der Waals surface area contributed by atoms with Crippen molar-refractivity contribution in [2.75, 3.05) is 5.73 Å². The standard InChI is InChI=1S/C16H15N5O/c1-9-5-14(17)19-8-13(9)15-20-16(22-21-15)12-6-11(12)10-3-2-4-18-7-10/h2-5,7-8,11-12H,6H2,1H3,(H2,17,19)/t11-,12+/m0/s1. The van der Waals surface area contributed by atoms with Crippen molar-refractivity contribution in [1.29, 1.82) is 0 Å². The molecule has 0 unspecified atom stereocenters. The van der Waals surface area contributed by atoms with Gasteiger partial charge in [-0.25, -0.2) is 4.98 Å². The van der Waals surface area contributed by atoms with Gasteiger partial charge < -0.3 is 10.3 Å². The number of aryl methyl sites for hydroxylation is 1. The Kier molecular flexibility index (Phi) is 2.89. The zero-order valence-electron chi connectivity index (χ0n) is 12.1. The van der Waals surface area contributed by atoms with Gasteiger partial charge in [-0.3, -0.25) is 4.98 Å². The van der Waals surface area contributed by atoms with Crippen LogP contribution in [0.1, 0.15) is 35.3 Å². The number of anilines is 1. The van der Waals surface area contributed by atoms with Crippen LogP contribution >= 0.6 is 0 Å². The first-order valence-electron chi connectivity index (χ1n) is 7.18. The van der Waals surface area contributed by atoms with Crippen molar-refractivity contribution in [3.8, 4) is 11.4 Å². The van der Waals surface area contributed by atoms with Gasteiger partial charge in [0.25, 0.3) is 0 Å². The third-order valence-electron chi connectivity index (χ3n) is 4.03. The van der Waals surface area contributed by atoms with E-state index in [1.807, 2.05) is 19.2 Å². The van der Waals surface area contributed by atoms with E-state index in [1.165, 1.54) is 5.56 Å². The molecule has 0 amide bonds. The van der Waals surface area contributed by atoms with Crippen molar-refractivity contribution in [1.82, 2.24) is 20.1 Å². The third-order valence-corrected chi connectivity index (χ3v) is 4.03. The fourth-order valence-corrected chi connectivity index (χ4v) is 2.74. The molecule has 1 aliphatic rings. The summed E-state index contributed by atoms with van der Waals surface area (Å²) < 4.78 is 5.44. The lowest BCUT2D eigenvalue weighted by Gasteiger charge is -2.00. The SMILES string of the molecule is Cc1cc(N)ncc1-c1noc([C@@H]2C[C@H]2c2cccnc2)n1. The molecule has 22 heavy (non-hydrogen) atoms. The Hall–Kier alpha value is -2.76. The maximum atomic E-state index is 5.67. The largest absolute Gasteiger partial charge is 0.384 e. The summed E-state index contributed by atoms with van der Waals surface area (Å²) in [7, 11) is 0. The van der Waals surface area contributed by atoms with Gasteiger partial charge in [-0.1, -0.05) is 11.2 Å². The first kappa shape index (κ1) is 12.9.